The molecule has 29 heavy (non-hydrogen) atoms. The molecule has 0 saturated heterocycles. The van der Waals surface area contributed by atoms with Crippen molar-refractivity contribution in [1.29, 1.82) is 5.26 Å². The van der Waals surface area contributed by atoms with Gasteiger partial charge in [-0.15, -0.1) is 0 Å². The highest BCUT2D eigenvalue weighted by Gasteiger charge is 2.29. The van der Waals surface area contributed by atoms with E-state index in [4.69, 9.17) is 10.00 Å². The Labute approximate surface area is 178 Å². The Balaban J connectivity index is 1.47. The first kappa shape index (κ1) is 19.4. The third kappa shape index (κ3) is 4.76. The number of nitriles is 1. The molecule has 6 heteroatoms. The number of halogens is 1. The SMILES string of the molecule is N#Cc1ccc(CCN[C@H](c2ccccc2)[C@@H]2CNc3cc(Br)cnc3O2)cc1. The number of anilines is 1. The van der Waals surface area contributed by atoms with E-state index in [1.807, 2.05) is 48.5 Å². The average molecular weight is 449 g/mol. The Bertz CT molecular complexity index is 1000. The van der Waals surface area contributed by atoms with Crippen LogP contribution >= 0.6 is 15.9 Å². The summed E-state index contributed by atoms with van der Waals surface area (Å²) in [6.45, 7) is 1.49. The fourth-order valence-electron chi connectivity index (χ4n) is 3.47. The van der Waals surface area contributed by atoms with Crippen molar-refractivity contribution in [2.45, 2.75) is 18.6 Å². The van der Waals surface area contributed by atoms with Crippen molar-refractivity contribution in [3.63, 3.8) is 0 Å². The van der Waals surface area contributed by atoms with Gasteiger partial charge in [0.05, 0.1) is 29.9 Å². The predicted octanol–water partition coefficient (Wildman–Crippen LogP) is 4.46. The first-order valence-electron chi connectivity index (χ1n) is 9.56. The molecule has 0 radical (unpaired) electrons. The van der Waals surface area contributed by atoms with Gasteiger partial charge >= 0.3 is 0 Å². The van der Waals surface area contributed by atoms with Crippen molar-refractivity contribution >= 4 is 21.6 Å². The molecule has 0 bridgehead atoms. The van der Waals surface area contributed by atoms with Crippen molar-refractivity contribution in [1.82, 2.24) is 10.3 Å². The summed E-state index contributed by atoms with van der Waals surface area (Å²) in [5, 5.41) is 16.0. The molecule has 0 unspecified atom stereocenters. The second-order valence-corrected chi connectivity index (χ2v) is 7.86. The molecular weight excluding hydrogens is 428 g/mol. The third-order valence-corrected chi connectivity index (χ3v) is 5.40. The molecule has 0 spiro atoms. The van der Waals surface area contributed by atoms with E-state index in [1.54, 1.807) is 6.20 Å². The number of nitrogens with one attached hydrogen (secondary N) is 2. The van der Waals surface area contributed by atoms with Crippen LogP contribution in [-0.2, 0) is 6.42 Å². The Morgan fingerprint density at radius 3 is 2.76 bits per heavy atom. The van der Waals surface area contributed by atoms with E-state index >= 15 is 0 Å². The molecule has 0 aliphatic carbocycles. The lowest BCUT2D eigenvalue weighted by molar-refractivity contribution is 0.150. The minimum Gasteiger partial charge on any atom is -0.469 e. The minimum absolute atomic E-state index is 0.0284. The van der Waals surface area contributed by atoms with E-state index in [9.17, 15) is 0 Å². The number of hydrogen-bond acceptors (Lipinski definition) is 5. The van der Waals surface area contributed by atoms with Crippen LogP contribution in [0.4, 0.5) is 5.69 Å². The smallest absolute Gasteiger partial charge is 0.237 e. The largest absolute Gasteiger partial charge is 0.469 e. The standard InChI is InChI=1S/C23H21BrN4O/c24-19-12-20-23(28-14-19)29-21(15-27-20)22(18-4-2-1-3-5-18)26-11-10-16-6-8-17(13-25)9-7-16/h1-9,12,14,21-22,26-27H,10-11,15H2/t21-,22+/m0/s1. The summed E-state index contributed by atoms with van der Waals surface area (Å²) in [4.78, 5) is 4.40. The fraction of sp³-hybridized carbons (Fsp3) is 0.217. The zero-order chi connectivity index (χ0) is 20.1. The number of aromatic nitrogens is 1. The molecule has 0 fully saturated rings. The van der Waals surface area contributed by atoms with Gasteiger partial charge in [-0.1, -0.05) is 42.5 Å². The van der Waals surface area contributed by atoms with E-state index in [-0.39, 0.29) is 12.1 Å². The van der Waals surface area contributed by atoms with Gasteiger partial charge in [0.25, 0.3) is 0 Å². The molecule has 1 aliphatic rings. The number of hydrogen-bond donors (Lipinski definition) is 2. The maximum Gasteiger partial charge on any atom is 0.237 e. The minimum atomic E-state index is -0.0838. The number of benzene rings is 2. The number of nitrogens with zero attached hydrogens (tertiary/aromatic N) is 2. The van der Waals surface area contributed by atoms with Crippen LogP contribution in [0.3, 0.4) is 0 Å². The first-order chi connectivity index (χ1) is 14.2. The molecule has 0 amide bonds. The molecule has 2 N–H and O–H groups in total. The lowest BCUT2D eigenvalue weighted by Gasteiger charge is -2.33. The number of pyridine rings is 1. The van der Waals surface area contributed by atoms with Crippen molar-refractivity contribution in [2.24, 2.45) is 0 Å². The fourth-order valence-corrected chi connectivity index (χ4v) is 3.80. The zero-order valence-electron chi connectivity index (χ0n) is 15.8. The van der Waals surface area contributed by atoms with Gasteiger partial charge in [0.2, 0.25) is 5.88 Å². The van der Waals surface area contributed by atoms with Gasteiger partial charge in [-0.25, -0.2) is 4.98 Å². The second kappa shape index (κ2) is 9.08. The van der Waals surface area contributed by atoms with Gasteiger partial charge in [-0.2, -0.15) is 5.26 Å². The lowest BCUT2D eigenvalue weighted by Crippen LogP contribution is -2.43. The van der Waals surface area contributed by atoms with E-state index in [2.05, 4.69) is 49.7 Å². The van der Waals surface area contributed by atoms with Crippen LogP contribution in [-0.4, -0.2) is 24.2 Å². The molecule has 5 nitrogen and oxygen atoms in total. The highest BCUT2D eigenvalue weighted by molar-refractivity contribution is 9.10. The first-order valence-corrected chi connectivity index (χ1v) is 10.4. The topological polar surface area (TPSA) is 70.0 Å². The molecule has 2 aromatic carbocycles. The van der Waals surface area contributed by atoms with E-state index in [0.29, 0.717) is 18.0 Å². The van der Waals surface area contributed by atoms with Gasteiger partial charge in [0.15, 0.2) is 0 Å². The molecule has 2 atom stereocenters. The van der Waals surface area contributed by atoms with E-state index in [1.165, 1.54) is 11.1 Å². The summed E-state index contributed by atoms with van der Waals surface area (Å²) in [6, 6.07) is 22.3. The summed E-state index contributed by atoms with van der Waals surface area (Å²) in [5.74, 6) is 0.624. The van der Waals surface area contributed by atoms with Gasteiger partial charge < -0.3 is 15.4 Å². The summed E-state index contributed by atoms with van der Waals surface area (Å²) < 4.78 is 7.17. The Morgan fingerprint density at radius 1 is 1.21 bits per heavy atom. The highest BCUT2D eigenvalue weighted by atomic mass is 79.9. The van der Waals surface area contributed by atoms with Crippen LogP contribution in [0.25, 0.3) is 0 Å². The lowest BCUT2D eigenvalue weighted by atomic mass is 9.99. The molecule has 146 valence electrons. The zero-order valence-corrected chi connectivity index (χ0v) is 17.4. The maximum absolute atomic E-state index is 8.94. The second-order valence-electron chi connectivity index (χ2n) is 6.94. The van der Waals surface area contributed by atoms with Gasteiger partial charge in [0.1, 0.15) is 6.10 Å². The molecule has 3 aromatic rings. The molecule has 4 rings (SSSR count). The van der Waals surface area contributed by atoms with Crippen LogP contribution in [0.5, 0.6) is 5.88 Å². The summed E-state index contributed by atoms with van der Waals surface area (Å²) in [5.41, 5.74) is 3.96. The maximum atomic E-state index is 8.94. The quantitative estimate of drug-likeness (QED) is 0.582. The molecule has 1 aromatic heterocycles. The average Bonchev–Trinajstić information content (AvgIpc) is 2.77. The molecular formula is C23H21BrN4O. The van der Waals surface area contributed by atoms with Gasteiger partial charge in [-0.05, 0) is 58.2 Å². The third-order valence-electron chi connectivity index (χ3n) is 4.97. The van der Waals surface area contributed by atoms with Crippen molar-refractivity contribution in [3.05, 3.63) is 88.0 Å². The van der Waals surface area contributed by atoms with Crippen LogP contribution in [0, 0.1) is 11.3 Å². The number of ether oxygens (including phenoxy) is 1. The van der Waals surface area contributed by atoms with E-state index in [0.717, 1.165) is 23.1 Å². The highest BCUT2D eigenvalue weighted by Crippen LogP contribution is 2.32. The Kier molecular flexibility index (Phi) is 6.09. The summed E-state index contributed by atoms with van der Waals surface area (Å²) >= 11 is 3.45. The number of rotatable bonds is 6. The molecule has 1 aliphatic heterocycles. The number of fused-ring (bicyclic) bond motifs is 1. The monoisotopic (exact) mass is 448 g/mol. The Hall–Kier alpha value is -2.88. The van der Waals surface area contributed by atoms with Crippen molar-refractivity contribution < 1.29 is 4.74 Å². The van der Waals surface area contributed by atoms with Gasteiger partial charge in [0, 0.05) is 10.7 Å². The molecule has 0 saturated carbocycles. The van der Waals surface area contributed by atoms with Gasteiger partial charge in [-0.3, -0.25) is 0 Å². The van der Waals surface area contributed by atoms with Crippen LogP contribution in [0.15, 0.2) is 71.3 Å². The predicted molar refractivity (Wildman–Crippen MR) is 117 cm³/mol. The van der Waals surface area contributed by atoms with Crippen LogP contribution in [0.1, 0.15) is 22.7 Å². The van der Waals surface area contributed by atoms with Crippen molar-refractivity contribution in [2.75, 3.05) is 18.4 Å². The summed E-state index contributed by atoms with van der Waals surface area (Å²) in [7, 11) is 0. The normalized spacial score (nSPS) is 16.1. The van der Waals surface area contributed by atoms with E-state index < -0.39 is 0 Å². The van der Waals surface area contributed by atoms with Crippen molar-refractivity contribution in [3.8, 4) is 11.9 Å². The summed E-state index contributed by atoms with van der Waals surface area (Å²) in [6.07, 6.45) is 2.54. The van der Waals surface area contributed by atoms with Crippen LogP contribution in [0.2, 0.25) is 0 Å². The molecule has 2 heterocycles. The Morgan fingerprint density at radius 2 is 2.00 bits per heavy atom. The van der Waals surface area contributed by atoms with Crippen LogP contribution < -0.4 is 15.4 Å².